The van der Waals surface area contributed by atoms with Crippen molar-refractivity contribution in [1.82, 2.24) is 4.90 Å². The maximum atomic E-state index is 12.5. The summed E-state index contributed by atoms with van der Waals surface area (Å²) in [6.07, 6.45) is 2.81. The van der Waals surface area contributed by atoms with Crippen LogP contribution in [0.25, 0.3) is 6.08 Å². The third kappa shape index (κ3) is 4.26. The Morgan fingerprint density at radius 3 is 2.69 bits per heavy atom. The highest BCUT2D eigenvalue weighted by Crippen LogP contribution is 2.33. The van der Waals surface area contributed by atoms with Crippen molar-refractivity contribution in [2.45, 2.75) is 13.3 Å². The third-order valence-electron chi connectivity index (χ3n) is 3.71. The summed E-state index contributed by atoms with van der Waals surface area (Å²) in [6, 6.07) is 14.3. The molecule has 1 aliphatic rings. The Morgan fingerprint density at radius 1 is 1.23 bits per heavy atom. The van der Waals surface area contributed by atoms with Gasteiger partial charge in [0, 0.05) is 13.1 Å². The lowest BCUT2D eigenvalue weighted by molar-refractivity contribution is -0.121. The minimum atomic E-state index is -0.0970. The number of rotatable bonds is 5. The minimum absolute atomic E-state index is 0.0970. The molecule has 0 aromatic heterocycles. The van der Waals surface area contributed by atoms with Crippen LogP contribution in [0, 0.1) is 0 Å². The topological polar surface area (TPSA) is 62.1 Å². The van der Waals surface area contributed by atoms with Crippen LogP contribution in [-0.4, -0.2) is 34.7 Å². The average molecular weight is 368 g/mol. The molecule has 5 nitrogen and oxygen atoms in total. The van der Waals surface area contributed by atoms with Gasteiger partial charge in [-0.15, -0.1) is 0 Å². The van der Waals surface area contributed by atoms with E-state index in [9.17, 15) is 9.90 Å². The number of phenolic OH excluding ortho intramolecular Hbond substituents is 1. The van der Waals surface area contributed by atoms with Crippen LogP contribution in [0.3, 0.4) is 0 Å². The zero-order chi connectivity index (χ0) is 18.5. The summed E-state index contributed by atoms with van der Waals surface area (Å²) < 4.78 is 5.57. The van der Waals surface area contributed by atoms with Gasteiger partial charge in [-0.05, 0) is 54.1 Å². The number of carbonyl (C=O) groups excluding carboxylic acids is 1. The lowest BCUT2D eigenvalue weighted by atomic mass is 10.2. The first-order valence-corrected chi connectivity index (χ1v) is 9.16. The quantitative estimate of drug-likeness (QED) is 0.794. The number of aromatic hydroxyl groups is 1. The van der Waals surface area contributed by atoms with E-state index in [2.05, 4.69) is 11.9 Å². The van der Waals surface area contributed by atoms with E-state index < -0.39 is 0 Å². The minimum Gasteiger partial charge on any atom is -0.508 e. The second-order valence-corrected chi connectivity index (χ2v) is 6.82. The van der Waals surface area contributed by atoms with Crippen LogP contribution in [0.15, 0.2) is 58.4 Å². The number of amidine groups is 1. The largest absolute Gasteiger partial charge is 0.508 e. The Kier molecular flexibility index (Phi) is 5.63. The van der Waals surface area contributed by atoms with Gasteiger partial charge < -0.3 is 9.84 Å². The predicted octanol–water partition coefficient (Wildman–Crippen LogP) is 4.41. The molecule has 134 valence electrons. The van der Waals surface area contributed by atoms with E-state index in [-0.39, 0.29) is 11.7 Å². The fourth-order valence-electron chi connectivity index (χ4n) is 2.36. The second-order valence-electron chi connectivity index (χ2n) is 5.81. The van der Waals surface area contributed by atoms with Crippen molar-refractivity contribution in [1.29, 1.82) is 0 Å². The SMILES string of the molecule is CCCOc1ccc(/C=C2\SC(=Nc3cccc(O)c3)N(C)C2=O)cc1. The summed E-state index contributed by atoms with van der Waals surface area (Å²) in [7, 11) is 1.69. The van der Waals surface area contributed by atoms with Gasteiger partial charge in [0.1, 0.15) is 11.5 Å². The van der Waals surface area contributed by atoms with Crippen LogP contribution in [0.2, 0.25) is 0 Å². The second kappa shape index (κ2) is 8.10. The summed E-state index contributed by atoms with van der Waals surface area (Å²) >= 11 is 1.32. The summed E-state index contributed by atoms with van der Waals surface area (Å²) in [4.78, 5) is 19.0. The molecule has 2 aromatic rings. The first kappa shape index (κ1) is 18.1. The maximum absolute atomic E-state index is 12.5. The number of nitrogens with zero attached hydrogens (tertiary/aromatic N) is 2. The molecule has 0 atom stereocenters. The molecule has 1 aliphatic heterocycles. The van der Waals surface area contributed by atoms with E-state index in [0.717, 1.165) is 17.7 Å². The van der Waals surface area contributed by atoms with E-state index in [1.807, 2.05) is 30.3 Å². The molecule has 0 saturated carbocycles. The highest BCUT2D eigenvalue weighted by molar-refractivity contribution is 8.18. The van der Waals surface area contributed by atoms with E-state index in [4.69, 9.17) is 4.74 Å². The monoisotopic (exact) mass is 368 g/mol. The van der Waals surface area contributed by atoms with Gasteiger partial charge in [-0.3, -0.25) is 9.69 Å². The summed E-state index contributed by atoms with van der Waals surface area (Å²) in [5.41, 5.74) is 1.53. The summed E-state index contributed by atoms with van der Waals surface area (Å²) in [6.45, 7) is 2.75. The number of ether oxygens (including phenoxy) is 1. The number of aliphatic imine (C=N–C) groups is 1. The number of amides is 1. The van der Waals surface area contributed by atoms with E-state index in [0.29, 0.717) is 22.4 Å². The fraction of sp³-hybridized carbons (Fsp3) is 0.200. The zero-order valence-electron chi connectivity index (χ0n) is 14.7. The van der Waals surface area contributed by atoms with Gasteiger partial charge in [-0.1, -0.05) is 25.1 Å². The van der Waals surface area contributed by atoms with Gasteiger partial charge in [0.25, 0.3) is 5.91 Å². The Balaban J connectivity index is 1.78. The molecule has 0 aliphatic carbocycles. The molecular formula is C20H20N2O3S. The lowest BCUT2D eigenvalue weighted by Crippen LogP contribution is -2.23. The number of hydrogen-bond donors (Lipinski definition) is 1. The number of carbonyl (C=O) groups is 1. The highest BCUT2D eigenvalue weighted by Gasteiger charge is 2.30. The van der Waals surface area contributed by atoms with Gasteiger partial charge in [0.05, 0.1) is 17.2 Å². The molecule has 0 bridgehead atoms. The van der Waals surface area contributed by atoms with Gasteiger partial charge in [-0.2, -0.15) is 0 Å². The smallest absolute Gasteiger partial charge is 0.266 e. The first-order chi connectivity index (χ1) is 12.6. The molecule has 26 heavy (non-hydrogen) atoms. The molecule has 1 heterocycles. The van der Waals surface area contributed by atoms with Crippen molar-refractivity contribution in [3.8, 4) is 11.5 Å². The van der Waals surface area contributed by atoms with Crippen molar-refractivity contribution in [3.05, 3.63) is 59.0 Å². The van der Waals surface area contributed by atoms with E-state index in [1.165, 1.54) is 16.7 Å². The van der Waals surface area contributed by atoms with Gasteiger partial charge in [0.15, 0.2) is 5.17 Å². The van der Waals surface area contributed by atoms with Crippen LogP contribution in [-0.2, 0) is 4.79 Å². The Labute approximate surface area is 157 Å². The third-order valence-corrected chi connectivity index (χ3v) is 4.77. The van der Waals surface area contributed by atoms with Crippen LogP contribution in [0.4, 0.5) is 5.69 Å². The molecule has 1 N–H and O–H groups in total. The van der Waals surface area contributed by atoms with Gasteiger partial charge in [0.2, 0.25) is 0 Å². The number of likely N-dealkylation sites (N-methyl/N-ethyl adjacent to an activating group) is 1. The molecule has 1 saturated heterocycles. The van der Waals surface area contributed by atoms with Gasteiger partial charge >= 0.3 is 0 Å². The average Bonchev–Trinajstić information content (AvgIpc) is 2.89. The molecule has 1 fully saturated rings. The number of hydrogen-bond acceptors (Lipinski definition) is 5. The fourth-order valence-corrected chi connectivity index (χ4v) is 3.34. The molecule has 0 radical (unpaired) electrons. The van der Waals surface area contributed by atoms with Crippen LogP contribution < -0.4 is 4.74 Å². The zero-order valence-corrected chi connectivity index (χ0v) is 15.5. The molecule has 0 unspecified atom stereocenters. The van der Waals surface area contributed by atoms with Crippen molar-refractivity contribution >= 4 is 34.6 Å². The number of phenols is 1. The number of thioether (sulfide) groups is 1. The maximum Gasteiger partial charge on any atom is 0.266 e. The standard InChI is InChI=1S/C20H20N2O3S/c1-3-11-25-17-9-7-14(8-10-17)12-18-19(24)22(2)20(26-18)21-15-5-4-6-16(23)13-15/h4-10,12-13,23H,3,11H2,1-2H3/b18-12-,21-20?. The van der Waals surface area contributed by atoms with Crippen molar-refractivity contribution in [2.24, 2.45) is 4.99 Å². The summed E-state index contributed by atoms with van der Waals surface area (Å²) in [5.74, 6) is 0.868. The van der Waals surface area contributed by atoms with E-state index in [1.54, 1.807) is 31.3 Å². The lowest BCUT2D eigenvalue weighted by Gasteiger charge is -2.07. The first-order valence-electron chi connectivity index (χ1n) is 8.35. The predicted molar refractivity (Wildman–Crippen MR) is 106 cm³/mol. The van der Waals surface area contributed by atoms with Crippen molar-refractivity contribution < 1.29 is 14.6 Å². The summed E-state index contributed by atoms with van der Waals surface area (Å²) in [5, 5.41) is 10.1. The Morgan fingerprint density at radius 2 is 2.00 bits per heavy atom. The normalized spacial score (nSPS) is 17.3. The van der Waals surface area contributed by atoms with E-state index >= 15 is 0 Å². The number of benzene rings is 2. The molecule has 3 rings (SSSR count). The van der Waals surface area contributed by atoms with Crippen LogP contribution >= 0.6 is 11.8 Å². The van der Waals surface area contributed by atoms with Crippen LogP contribution in [0.5, 0.6) is 11.5 Å². The van der Waals surface area contributed by atoms with Crippen LogP contribution in [0.1, 0.15) is 18.9 Å². The molecule has 0 spiro atoms. The molecular weight excluding hydrogens is 348 g/mol. The molecule has 2 aromatic carbocycles. The Hall–Kier alpha value is -2.73. The molecule has 6 heteroatoms. The Bertz CT molecular complexity index is 860. The highest BCUT2D eigenvalue weighted by atomic mass is 32.2. The van der Waals surface area contributed by atoms with Crippen molar-refractivity contribution in [3.63, 3.8) is 0 Å². The van der Waals surface area contributed by atoms with Crippen molar-refractivity contribution in [2.75, 3.05) is 13.7 Å². The molecule has 1 amide bonds. The van der Waals surface area contributed by atoms with Gasteiger partial charge in [-0.25, -0.2) is 4.99 Å².